The number of piperidine rings is 1. The summed E-state index contributed by atoms with van der Waals surface area (Å²) in [6.45, 7) is 1.92. The fraction of sp³-hybridized carbons (Fsp3) is 0.353. The highest BCUT2D eigenvalue weighted by atomic mass is 79.9. The molecule has 2 heterocycles. The second-order valence-corrected chi connectivity index (χ2v) is 6.67. The molecule has 122 valence electrons. The average molecular weight is 380 g/mol. The summed E-state index contributed by atoms with van der Waals surface area (Å²) in [7, 11) is 0. The van der Waals surface area contributed by atoms with Gasteiger partial charge in [-0.15, -0.1) is 0 Å². The van der Waals surface area contributed by atoms with E-state index in [2.05, 4.69) is 26.2 Å². The molecule has 0 atom stereocenters. The summed E-state index contributed by atoms with van der Waals surface area (Å²) in [6.07, 6.45) is 4.58. The number of halogens is 2. The third kappa shape index (κ3) is 4.20. The lowest BCUT2D eigenvalue weighted by Crippen LogP contribution is -2.36. The average Bonchev–Trinajstić information content (AvgIpc) is 2.54. The number of aliphatic hydroxyl groups excluding tert-OH is 1. The van der Waals surface area contributed by atoms with E-state index in [0.29, 0.717) is 38.2 Å². The minimum absolute atomic E-state index is 0.215. The van der Waals surface area contributed by atoms with Gasteiger partial charge in [0.25, 0.3) is 0 Å². The number of hydrogen-bond donors (Lipinski definition) is 2. The molecule has 0 saturated carbocycles. The van der Waals surface area contributed by atoms with Crippen molar-refractivity contribution >= 4 is 27.3 Å². The van der Waals surface area contributed by atoms with Crippen LogP contribution in [0.25, 0.3) is 0 Å². The molecule has 1 aromatic carbocycles. The monoisotopic (exact) mass is 379 g/mol. The van der Waals surface area contributed by atoms with E-state index in [-0.39, 0.29) is 11.9 Å². The maximum atomic E-state index is 14.4. The third-order valence-corrected chi connectivity index (χ3v) is 4.45. The van der Waals surface area contributed by atoms with Crippen molar-refractivity contribution in [1.82, 2.24) is 4.98 Å². The normalized spacial score (nSPS) is 15.7. The highest BCUT2D eigenvalue weighted by molar-refractivity contribution is 9.10. The number of anilines is 2. The van der Waals surface area contributed by atoms with E-state index >= 15 is 0 Å². The smallest absolute Gasteiger partial charge is 0.146 e. The third-order valence-electron chi connectivity index (χ3n) is 4.02. The molecule has 2 N–H and O–H groups in total. The van der Waals surface area contributed by atoms with Gasteiger partial charge in [0.15, 0.2) is 0 Å². The molecule has 1 fully saturated rings. The van der Waals surface area contributed by atoms with Gasteiger partial charge in [0, 0.05) is 30.3 Å². The van der Waals surface area contributed by atoms with Crippen LogP contribution < -0.4 is 10.2 Å². The van der Waals surface area contributed by atoms with Gasteiger partial charge in [-0.1, -0.05) is 6.07 Å². The molecule has 0 spiro atoms. The van der Waals surface area contributed by atoms with Crippen molar-refractivity contribution in [3.8, 4) is 0 Å². The zero-order valence-electron chi connectivity index (χ0n) is 12.7. The first-order valence-electron chi connectivity index (χ1n) is 7.67. The van der Waals surface area contributed by atoms with Crippen LogP contribution in [0.3, 0.4) is 0 Å². The summed E-state index contributed by atoms with van der Waals surface area (Å²) in [4.78, 5) is 6.08. The summed E-state index contributed by atoms with van der Waals surface area (Å²) >= 11 is 3.37. The van der Waals surface area contributed by atoms with Crippen LogP contribution in [-0.2, 0) is 6.54 Å². The first-order chi connectivity index (χ1) is 11.1. The Hall–Kier alpha value is -1.66. The molecule has 1 saturated heterocycles. The van der Waals surface area contributed by atoms with Crippen LogP contribution in [0.2, 0.25) is 0 Å². The minimum Gasteiger partial charge on any atom is -0.393 e. The predicted octanol–water partition coefficient (Wildman–Crippen LogP) is 3.56. The summed E-state index contributed by atoms with van der Waals surface area (Å²) in [5.74, 6) is -0.215. The molecule has 0 unspecified atom stereocenters. The van der Waals surface area contributed by atoms with Crippen molar-refractivity contribution in [2.24, 2.45) is 0 Å². The molecule has 4 nitrogen and oxygen atoms in total. The second-order valence-electron chi connectivity index (χ2n) is 5.75. The molecule has 1 aliphatic rings. The highest BCUT2D eigenvalue weighted by Gasteiger charge is 2.19. The lowest BCUT2D eigenvalue weighted by molar-refractivity contribution is 0.145. The predicted molar refractivity (Wildman–Crippen MR) is 93.1 cm³/mol. The second kappa shape index (κ2) is 7.27. The van der Waals surface area contributed by atoms with Crippen molar-refractivity contribution in [2.45, 2.75) is 25.5 Å². The maximum absolute atomic E-state index is 14.4. The largest absolute Gasteiger partial charge is 0.393 e. The van der Waals surface area contributed by atoms with Crippen LogP contribution in [-0.4, -0.2) is 29.3 Å². The molecule has 0 aliphatic carbocycles. The van der Waals surface area contributed by atoms with Crippen molar-refractivity contribution < 1.29 is 9.50 Å². The number of aromatic nitrogens is 1. The zero-order chi connectivity index (χ0) is 16.2. The number of pyridine rings is 1. The summed E-state index contributed by atoms with van der Waals surface area (Å²) < 4.78 is 15.3. The van der Waals surface area contributed by atoms with E-state index in [1.807, 2.05) is 23.1 Å². The Morgan fingerprint density at radius 2 is 2.04 bits per heavy atom. The first kappa shape index (κ1) is 16.2. The van der Waals surface area contributed by atoms with Crippen molar-refractivity contribution in [3.63, 3.8) is 0 Å². The van der Waals surface area contributed by atoms with Crippen LogP contribution in [0.4, 0.5) is 15.8 Å². The lowest BCUT2D eigenvalue weighted by Gasteiger charge is -2.31. The summed E-state index contributed by atoms with van der Waals surface area (Å²) in [5.41, 5.74) is 2.38. The van der Waals surface area contributed by atoms with Crippen LogP contribution in [0.1, 0.15) is 18.4 Å². The van der Waals surface area contributed by atoms with E-state index in [1.165, 1.54) is 0 Å². The molecule has 1 aliphatic heterocycles. The molecule has 3 rings (SSSR count). The Kier molecular flexibility index (Phi) is 5.13. The van der Waals surface area contributed by atoms with Gasteiger partial charge in [0.2, 0.25) is 0 Å². The zero-order valence-corrected chi connectivity index (χ0v) is 14.3. The Morgan fingerprint density at radius 1 is 1.26 bits per heavy atom. The van der Waals surface area contributed by atoms with Crippen LogP contribution in [0.5, 0.6) is 0 Å². The standard InChI is InChI=1S/C17H19BrFN3O/c18-13-8-14(11-20-10-13)21-9-12-1-2-17(16(19)7-12)22-5-3-15(23)4-6-22/h1-2,7-8,10-11,15,21,23H,3-6,9H2. The van der Waals surface area contributed by atoms with Gasteiger partial charge in [-0.25, -0.2) is 4.39 Å². The SMILES string of the molecule is OC1CCN(c2ccc(CNc3cncc(Br)c3)cc2F)CC1. The summed E-state index contributed by atoms with van der Waals surface area (Å²) in [6, 6.07) is 7.25. The molecular formula is C17H19BrFN3O. The van der Waals surface area contributed by atoms with E-state index in [0.717, 1.165) is 15.7 Å². The molecular weight excluding hydrogens is 361 g/mol. The fourth-order valence-corrected chi connectivity index (χ4v) is 3.10. The molecule has 2 aromatic rings. The Bertz CT molecular complexity index is 675. The van der Waals surface area contributed by atoms with Crippen LogP contribution >= 0.6 is 15.9 Å². The van der Waals surface area contributed by atoms with Gasteiger partial charge in [0.1, 0.15) is 5.82 Å². The fourth-order valence-electron chi connectivity index (χ4n) is 2.74. The van der Waals surface area contributed by atoms with Gasteiger partial charge in [0.05, 0.1) is 23.7 Å². The minimum atomic E-state index is -0.253. The van der Waals surface area contributed by atoms with Gasteiger partial charge in [-0.3, -0.25) is 4.98 Å². The van der Waals surface area contributed by atoms with E-state index in [9.17, 15) is 9.50 Å². The van der Waals surface area contributed by atoms with Crippen molar-refractivity contribution in [1.29, 1.82) is 0 Å². The van der Waals surface area contributed by atoms with Crippen LogP contribution in [0, 0.1) is 5.82 Å². The van der Waals surface area contributed by atoms with E-state index in [1.54, 1.807) is 18.5 Å². The molecule has 0 radical (unpaired) electrons. The number of benzene rings is 1. The molecule has 6 heteroatoms. The topological polar surface area (TPSA) is 48.4 Å². The van der Waals surface area contributed by atoms with E-state index < -0.39 is 0 Å². The van der Waals surface area contributed by atoms with Crippen molar-refractivity contribution in [2.75, 3.05) is 23.3 Å². The van der Waals surface area contributed by atoms with E-state index in [4.69, 9.17) is 0 Å². The Morgan fingerprint density at radius 3 is 2.74 bits per heavy atom. The Labute approximate surface area is 143 Å². The van der Waals surface area contributed by atoms with Gasteiger partial charge in [-0.05, 0) is 52.5 Å². The number of hydrogen-bond acceptors (Lipinski definition) is 4. The Balaban J connectivity index is 1.65. The number of nitrogens with one attached hydrogen (secondary N) is 1. The van der Waals surface area contributed by atoms with Crippen molar-refractivity contribution in [3.05, 3.63) is 52.5 Å². The first-order valence-corrected chi connectivity index (χ1v) is 8.47. The molecule has 0 amide bonds. The highest BCUT2D eigenvalue weighted by Crippen LogP contribution is 2.24. The van der Waals surface area contributed by atoms with Gasteiger partial charge < -0.3 is 15.3 Å². The molecule has 23 heavy (non-hydrogen) atoms. The van der Waals surface area contributed by atoms with Gasteiger partial charge >= 0.3 is 0 Å². The molecule has 1 aromatic heterocycles. The lowest BCUT2D eigenvalue weighted by atomic mass is 10.1. The summed E-state index contributed by atoms with van der Waals surface area (Å²) in [5, 5.41) is 12.8. The number of nitrogens with zero attached hydrogens (tertiary/aromatic N) is 2. The van der Waals surface area contributed by atoms with Crippen LogP contribution in [0.15, 0.2) is 41.1 Å². The maximum Gasteiger partial charge on any atom is 0.146 e. The molecule has 0 bridgehead atoms. The van der Waals surface area contributed by atoms with Gasteiger partial charge in [-0.2, -0.15) is 0 Å². The quantitative estimate of drug-likeness (QED) is 0.852. The number of aliphatic hydroxyl groups is 1. The number of rotatable bonds is 4.